The lowest BCUT2D eigenvalue weighted by atomic mass is 9.92. The van der Waals surface area contributed by atoms with Crippen LogP contribution in [0, 0.1) is 6.92 Å². The molecule has 0 amide bonds. The molecule has 0 bridgehead atoms. The number of aryl methyl sites for hydroxylation is 2. The van der Waals surface area contributed by atoms with Gasteiger partial charge in [0.1, 0.15) is 5.01 Å². The van der Waals surface area contributed by atoms with E-state index < -0.39 is 0 Å². The number of rotatable bonds is 1. The van der Waals surface area contributed by atoms with Crippen LogP contribution in [0.3, 0.4) is 0 Å². The molecule has 0 spiro atoms. The normalized spacial score (nSPS) is 11.1. The summed E-state index contributed by atoms with van der Waals surface area (Å²) in [6.07, 6.45) is 0. The third kappa shape index (κ3) is 3.16. The second kappa shape index (κ2) is 5.61. The zero-order chi connectivity index (χ0) is 13.9. The van der Waals surface area contributed by atoms with Crippen molar-refractivity contribution in [2.24, 2.45) is 7.05 Å². The first-order valence-electron chi connectivity index (χ1n) is 6.23. The van der Waals surface area contributed by atoms with Gasteiger partial charge in [0.2, 0.25) is 0 Å². The van der Waals surface area contributed by atoms with Gasteiger partial charge in [-0.25, -0.2) is 0 Å². The molecule has 0 fully saturated rings. The molecule has 18 heavy (non-hydrogen) atoms. The van der Waals surface area contributed by atoms with Crippen LogP contribution in [0.4, 0.5) is 0 Å². The van der Waals surface area contributed by atoms with Crippen molar-refractivity contribution >= 4 is 11.3 Å². The highest BCUT2D eigenvalue weighted by Gasteiger charge is 2.20. The van der Waals surface area contributed by atoms with Gasteiger partial charge in [0.05, 0.1) is 11.4 Å². The molecule has 0 aliphatic rings. The van der Waals surface area contributed by atoms with Gasteiger partial charge < -0.3 is 0 Å². The number of hydrogen-bond donors (Lipinski definition) is 0. The Hall–Kier alpha value is -1.23. The van der Waals surface area contributed by atoms with Crippen LogP contribution in [0.2, 0.25) is 0 Å². The number of aromatic nitrogens is 4. The van der Waals surface area contributed by atoms with Gasteiger partial charge in [0, 0.05) is 12.5 Å². The van der Waals surface area contributed by atoms with Crippen molar-refractivity contribution in [2.45, 2.75) is 47.0 Å². The molecule has 2 aromatic rings. The van der Waals surface area contributed by atoms with E-state index in [0.717, 1.165) is 21.4 Å². The summed E-state index contributed by atoms with van der Waals surface area (Å²) in [5.41, 5.74) is 2.18. The highest BCUT2D eigenvalue weighted by atomic mass is 32.1. The van der Waals surface area contributed by atoms with Crippen LogP contribution in [0.15, 0.2) is 6.07 Å². The maximum atomic E-state index is 4.52. The predicted molar refractivity (Wildman–Crippen MR) is 76.9 cm³/mol. The van der Waals surface area contributed by atoms with Crippen LogP contribution >= 0.6 is 11.3 Å². The fourth-order valence-electron chi connectivity index (χ4n) is 1.43. The van der Waals surface area contributed by atoms with E-state index in [1.165, 1.54) is 0 Å². The molecule has 2 aromatic heterocycles. The van der Waals surface area contributed by atoms with Gasteiger partial charge >= 0.3 is 0 Å². The summed E-state index contributed by atoms with van der Waals surface area (Å²) >= 11 is 1.60. The lowest BCUT2D eigenvalue weighted by Gasteiger charge is -2.13. The lowest BCUT2D eigenvalue weighted by Crippen LogP contribution is -2.12. The minimum Gasteiger partial charge on any atom is -0.265 e. The molecule has 0 unspecified atom stereocenters. The Balaban J connectivity index is 0.000000771. The summed E-state index contributed by atoms with van der Waals surface area (Å²) in [6.45, 7) is 12.4. The molecule has 0 radical (unpaired) electrons. The maximum Gasteiger partial charge on any atom is 0.165 e. The lowest BCUT2D eigenvalue weighted by molar-refractivity contribution is 0.553. The number of hydrogen-bond acceptors (Lipinski definition) is 4. The van der Waals surface area contributed by atoms with Gasteiger partial charge in [-0.05, 0) is 13.0 Å². The SMILES string of the molecule is CC.Cc1nnc(-c2cc(C(C)(C)C)nn2C)s1. The van der Waals surface area contributed by atoms with Crippen LogP contribution < -0.4 is 0 Å². The summed E-state index contributed by atoms with van der Waals surface area (Å²) in [4.78, 5) is 0. The molecule has 0 saturated heterocycles. The second-order valence-electron chi connectivity index (χ2n) is 4.91. The zero-order valence-corrected chi connectivity index (χ0v) is 13.1. The van der Waals surface area contributed by atoms with Gasteiger partial charge in [-0.3, -0.25) is 4.68 Å². The predicted octanol–water partition coefficient (Wildman–Crippen LogP) is 3.57. The molecule has 2 rings (SSSR count). The van der Waals surface area contributed by atoms with Crippen molar-refractivity contribution in [2.75, 3.05) is 0 Å². The zero-order valence-electron chi connectivity index (χ0n) is 12.3. The topological polar surface area (TPSA) is 43.6 Å². The van der Waals surface area contributed by atoms with Crippen molar-refractivity contribution in [1.29, 1.82) is 0 Å². The third-order valence-electron chi connectivity index (χ3n) is 2.39. The first-order chi connectivity index (χ1) is 8.38. The Kier molecular flexibility index (Phi) is 4.62. The largest absolute Gasteiger partial charge is 0.265 e. The Bertz CT molecular complexity index is 505. The molecule has 0 atom stereocenters. The quantitative estimate of drug-likeness (QED) is 0.792. The van der Waals surface area contributed by atoms with E-state index in [9.17, 15) is 0 Å². The molecule has 0 N–H and O–H groups in total. The molecule has 4 nitrogen and oxygen atoms in total. The standard InChI is InChI=1S/C11H16N4S.C2H6/c1-7-12-13-10(16-7)8-6-9(11(2,3)4)14-15(8)5;1-2/h6H,1-5H3;1-2H3. The van der Waals surface area contributed by atoms with Crippen molar-refractivity contribution in [3.05, 3.63) is 16.8 Å². The number of nitrogens with zero attached hydrogens (tertiary/aromatic N) is 4. The Morgan fingerprint density at radius 2 is 1.78 bits per heavy atom. The third-order valence-corrected chi connectivity index (χ3v) is 3.25. The van der Waals surface area contributed by atoms with E-state index in [2.05, 4.69) is 42.1 Å². The molecular weight excluding hydrogens is 244 g/mol. The molecular formula is C13H22N4S. The smallest absolute Gasteiger partial charge is 0.165 e. The van der Waals surface area contributed by atoms with Crippen molar-refractivity contribution in [3.63, 3.8) is 0 Å². The van der Waals surface area contributed by atoms with Gasteiger partial charge in [-0.2, -0.15) is 5.10 Å². The monoisotopic (exact) mass is 266 g/mol. The first kappa shape index (κ1) is 14.8. The summed E-state index contributed by atoms with van der Waals surface area (Å²) in [7, 11) is 1.95. The van der Waals surface area contributed by atoms with Gasteiger partial charge in [-0.1, -0.05) is 46.0 Å². The van der Waals surface area contributed by atoms with Crippen molar-refractivity contribution < 1.29 is 0 Å². The van der Waals surface area contributed by atoms with Crippen molar-refractivity contribution in [1.82, 2.24) is 20.0 Å². The fourth-order valence-corrected chi connectivity index (χ4v) is 2.17. The highest BCUT2D eigenvalue weighted by molar-refractivity contribution is 7.14. The Labute approximate surface area is 113 Å². The van der Waals surface area contributed by atoms with Gasteiger partial charge in [0.25, 0.3) is 0 Å². The minimum atomic E-state index is 0.0652. The summed E-state index contributed by atoms with van der Waals surface area (Å²) in [5, 5.41) is 14.6. The van der Waals surface area contributed by atoms with E-state index in [-0.39, 0.29) is 5.41 Å². The van der Waals surface area contributed by atoms with Crippen LogP contribution in [-0.4, -0.2) is 20.0 Å². The summed E-state index contributed by atoms with van der Waals surface area (Å²) < 4.78 is 1.88. The molecule has 100 valence electrons. The maximum absolute atomic E-state index is 4.52. The molecule has 0 aromatic carbocycles. The highest BCUT2D eigenvalue weighted by Crippen LogP contribution is 2.28. The van der Waals surface area contributed by atoms with Gasteiger partial charge in [0.15, 0.2) is 5.01 Å². The van der Waals surface area contributed by atoms with E-state index in [1.54, 1.807) is 11.3 Å². The molecule has 5 heteroatoms. The first-order valence-corrected chi connectivity index (χ1v) is 7.04. The molecule has 2 heterocycles. The average Bonchev–Trinajstić information content (AvgIpc) is 2.86. The Morgan fingerprint density at radius 3 is 2.17 bits per heavy atom. The molecule has 0 saturated carbocycles. The van der Waals surface area contributed by atoms with E-state index >= 15 is 0 Å². The van der Waals surface area contributed by atoms with E-state index in [0.29, 0.717) is 0 Å². The van der Waals surface area contributed by atoms with Crippen molar-refractivity contribution in [3.8, 4) is 10.7 Å². The minimum absolute atomic E-state index is 0.0652. The molecule has 0 aliphatic heterocycles. The molecule has 0 aliphatic carbocycles. The average molecular weight is 266 g/mol. The second-order valence-corrected chi connectivity index (χ2v) is 6.10. The van der Waals surface area contributed by atoms with Crippen LogP contribution in [0.1, 0.15) is 45.3 Å². The van der Waals surface area contributed by atoms with Gasteiger partial charge in [-0.15, -0.1) is 10.2 Å². The van der Waals surface area contributed by atoms with Crippen LogP contribution in [0.5, 0.6) is 0 Å². The van der Waals surface area contributed by atoms with Crippen LogP contribution in [-0.2, 0) is 12.5 Å². The summed E-state index contributed by atoms with van der Waals surface area (Å²) in [6, 6.07) is 2.10. The summed E-state index contributed by atoms with van der Waals surface area (Å²) in [5.74, 6) is 0. The van der Waals surface area contributed by atoms with E-state index in [1.807, 2.05) is 32.5 Å². The van der Waals surface area contributed by atoms with E-state index in [4.69, 9.17) is 0 Å². The van der Waals surface area contributed by atoms with Crippen LogP contribution in [0.25, 0.3) is 10.7 Å². The fraction of sp³-hybridized carbons (Fsp3) is 0.615. The Morgan fingerprint density at radius 1 is 1.17 bits per heavy atom.